The van der Waals surface area contributed by atoms with Gasteiger partial charge < -0.3 is 19.8 Å². The molecule has 0 aliphatic heterocycles. The Balaban J connectivity index is 0. The molecule has 0 aromatic carbocycles. The topological polar surface area (TPSA) is 80.3 Å². The molecule has 0 unspecified atom stereocenters. The molecule has 0 aliphatic rings. The Hall–Kier alpha value is 0.200. The number of carbonyl (C=O) groups is 2. The van der Waals surface area contributed by atoms with E-state index in [4.69, 9.17) is 0 Å². The Morgan fingerprint density at radius 2 is 1.60 bits per heavy atom. The third kappa shape index (κ3) is 4.09. The second kappa shape index (κ2) is 5.95. The van der Waals surface area contributed by atoms with Gasteiger partial charge in [0.1, 0.15) is 0 Å². The van der Waals surface area contributed by atoms with Crippen molar-refractivity contribution in [2.75, 3.05) is 0 Å². The number of aliphatic carboxylic acids is 2. The van der Waals surface area contributed by atoms with Crippen LogP contribution in [-0.4, -0.2) is 49.7 Å². The first kappa shape index (κ1) is 12.8. The van der Waals surface area contributed by atoms with E-state index in [1.807, 2.05) is 0 Å². The summed E-state index contributed by atoms with van der Waals surface area (Å²) in [6.45, 7) is 1.44. The standard InChI is InChI=1S/C5H8O4.Ca/c1-2-3(4(6)7)5(8)9;/h3H,2H2,1H3,(H,6,7)(H,8,9);/q;+2/p-2. The molecule has 0 aliphatic carbocycles. The minimum Gasteiger partial charge on any atom is -0.549 e. The van der Waals surface area contributed by atoms with Gasteiger partial charge >= 0.3 is 37.7 Å². The zero-order valence-corrected chi connectivity index (χ0v) is 7.83. The van der Waals surface area contributed by atoms with E-state index >= 15 is 0 Å². The molecule has 10 heavy (non-hydrogen) atoms. The van der Waals surface area contributed by atoms with Crippen molar-refractivity contribution in [1.29, 1.82) is 0 Å². The van der Waals surface area contributed by atoms with Gasteiger partial charge in [0.15, 0.2) is 0 Å². The van der Waals surface area contributed by atoms with Crippen LogP contribution >= 0.6 is 0 Å². The SMILES string of the molecule is CCC(C(=O)[O-])C(=O)[O-].[Ca+2]. The van der Waals surface area contributed by atoms with E-state index in [1.54, 1.807) is 0 Å². The fourth-order valence-electron chi connectivity index (χ4n) is 0.430. The monoisotopic (exact) mass is 170 g/mol. The Labute approximate surface area is 88.2 Å². The predicted octanol–water partition coefficient (Wildman–Crippen LogP) is -2.87. The number of hydrogen-bond donors (Lipinski definition) is 0. The van der Waals surface area contributed by atoms with E-state index in [1.165, 1.54) is 6.92 Å². The Morgan fingerprint density at radius 3 is 1.60 bits per heavy atom. The van der Waals surface area contributed by atoms with Gasteiger partial charge in [0.25, 0.3) is 0 Å². The smallest absolute Gasteiger partial charge is 0.549 e. The van der Waals surface area contributed by atoms with Gasteiger partial charge in [0.05, 0.1) is 11.9 Å². The van der Waals surface area contributed by atoms with Crippen LogP contribution in [0.4, 0.5) is 0 Å². The molecule has 0 heterocycles. The molecule has 0 spiro atoms. The van der Waals surface area contributed by atoms with Gasteiger partial charge in [0, 0.05) is 5.92 Å². The summed E-state index contributed by atoms with van der Waals surface area (Å²) in [5, 5.41) is 19.7. The summed E-state index contributed by atoms with van der Waals surface area (Å²) in [4.78, 5) is 19.7. The largest absolute Gasteiger partial charge is 2.00 e. The summed E-state index contributed by atoms with van der Waals surface area (Å²) in [5.74, 6) is -4.64. The van der Waals surface area contributed by atoms with Crippen molar-refractivity contribution in [2.24, 2.45) is 5.92 Å². The van der Waals surface area contributed by atoms with E-state index in [9.17, 15) is 19.8 Å². The van der Waals surface area contributed by atoms with Crippen LogP contribution in [0, 0.1) is 5.92 Å². The summed E-state index contributed by atoms with van der Waals surface area (Å²) < 4.78 is 0. The fourth-order valence-corrected chi connectivity index (χ4v) is 0.430. The third-order valence-corrected chi connectivity index (χ3v) is 0.977. The average molecular weight is 170 g/mol. The van der Waals surface area contributed by atoms with Crippen molar-refractivity contribution in [3.8, 4) is 0 Å². The molecule has 0 atom stereocenters. The molecule has 0 aromatic heterocycles. The predicted molar refractivity (Wildman–Crippen MR) is 29.5 cm³/mol. The minimum atomic E-state index is -1.59. The molecule has 0 fully saturated rings. The van der Waals surface area contributed by atoms with Crippen LogP contribution < -0.4 is 10.2 Å². The van der Waals surface area contributed by atoms with Crippen molar-refractivity contribution < 1.29 is 19.8 Å². The molecule has 0 aromatic rings. The van der Waals surface area contributed by atoms with Crippen molar-refractivity contribution >= 4 is 49.7 Å². The van der Waals surface area contributed by atoms with Crippen LogP contribution in [0.2, 0.25) is 0 Å². The maximum absolute atomic E-state index is 9.84. The molecule has 0 radical (unpaired) electrons. The molecule has 5 heteroatoms. The van der Waals surface area contributed by atoms with Gasteiger partial charge in [-0.25, -0.2) is 0 Å². The molecule has 0 N–H and O–H groups in total. The zero-order chi connectivity index (χ0) is 7.44. The van der Waals surface area contributed by atoms with Crippen molar-refractivity contribution in [1.82, 2.24) is 0 Å². The molecular weight excluding hydrogens is 164 g/mol. The molecule has 4 nitrogen and oxygen atoms in total. The van der Waals surface area contributed by atoms with Crippen LogP contribution in [0.5, 0.6) is 0 Å². The van der Waals surface area contributed by atoms with Crippen LogP contribution in [-0.2, 0) is 9.59 Å². The maximum Gasteiger partial charge on any atom is 2.00 e. The van der Waals surface area contributed by atoms with Gasteiger partial charge in [-0.1, -0.05) is 6.92 Å². The quantitative estimate of drug-likeness (QED) is 0.337. The van der Waals surface area contributed by atoms with Gasteiger partial charge in [-0.05, 0) is 6.42 Å². The fraction of sp³-hybridized carbons (Fsp3) is 0.600. The van der Waals surface area contributed by atoms with E-state index in [2.05, 4.69) is 0 Å². The summed E-state index contributed by atoms with van der Waals surface area (Å²) in [6.07, 6.45) is 0.00463. The molecule has 0 saturated heterocycles. The van der Waals surface area contributed by atoms with Gasteiger partial charge in [-0.3, -0.25) is 0 Å². The molecule has 0 saturated carbocycles. The summed E-state index contributed by atoms with van der Waals surface area (Å²) >= 11 is 0. The van der Waals surface area contributed by atoms with Crippen molar-refractivity contribution in [3.05, 3.63) is 0 Å². The van der Waals surface area contributed by atoms with Gasteiger partial charge in [0.2, 0.25) is 0 Å². The Bertz CT molecular complexity index is 120. The van der Waals surface area contributed by atoms with E-state index in [0.717, 1.165) is 0 Å². The van der Waals surface area contributed by atoms with Crippen LogP contribution in [0.1, 0.15) is 13.3 Å². The van der Waals surface area contributed by atoms with Crippen LogP contribution in [0.15, 0.2) is 0 Å². The van der Waals surface area contributed by atoms with Crippen LogP contribution in [0.25, 0.3) is 0 Å². The molecule has 0 rings (SSSR count). The number of rotatable bonds is 3. The van der Waals surface area contributed by atoms with E-state index < -0.39 is 17.9 Å². The summed E-state index contributed by atoms with van der Waals surface area (Å²) in [7, 11) is 0. The molecule has 52 valence electrons. The van der Waals surface area contributed by atoms with Gasteiger partial charge in [-0.2, -0.15) is 0 Å². The summed E-state index contributed by atoms with van der Waals surface area (Å²) in [6, 6.07) is 0. The normalized spacial score (nSPS) is 8.60. The average Bonchev–Trinajstić information content (AvgIpc) is 1.64. The Morgan fingerprint density at radius 1 is 1.30 bits per heavy atom. The number of hydrogen-bond acceptors (Lipinski definition) is 4. The van der Waals surface area contributed by atoms with Gasteiger partial charge in [-0.15, -0.1) is 0 Å². The second-order valence-electron chi connectivity index (χ2n) is 1.60. The van der Waals surface area contributed by atoms with Crippen molar-refractivity contribution in [2.45, 2.75) is 13.3 Å². The number of carboxylic acid groups (broad SMARTS) is 2. The van der Waals surface area contributed by atoms with Crippen molar-refractivity contribution in [3.63, 3.8) is 0 Å². The van der Waals surface area contributed by atoms with E-state index in [0.29, 0.717) is 0 Å². The molecule has 0 amide bonds. The Kier molecular flexibility index (Phi) is 7.63. The first-order valence-corrected chi connectivity index (χ1v) is 2.51. The molecule has 0 bridgehead atoms. The first-order valence-electron chi connectivity index (χ1n) is 2.51. The zero-order valence-electron chi connectivity index (χ0n) is 5.62. The first-order chi connectivity index (χ1) is 4.09. The minimum absolute atomic E-state index is 0. The third-order valence-electron chi connectivity index (χ3n) is 0.977. The summed E-state index contributed by atoms with van der Waals surface area (Å²) in [5.41, 5.74) is 0. The maximum atomic E-state index is 9.84. The molecular formula is C5H6CaO4. The number of carbonyl (C=O) groups excluding carboxylic acids is 2. The number of carboxylic acids is 2. The van der Waals surface area contributed by atoms with Crippen LogP contribution in [0.3, 0.4) is 0 Å². The van der Waals surface area contributed by atoms with E-state index in [-0.39, 0.29) is 44.2 Å². The second-order valence-corrected chi connectivity index (χ2v) is 1.60.